The molecule has 0 aliphatic heterocycles. The van der Waals surface area contributed by atoms with Crippen LogP contribution in [0.5, 0.6) is 0 Å². The Morgan fingerprint density at radius 1 is 1.04 bits per heavy atom. The minimum atomic E-state index is -0.210. The first kappa shape index (κ1) is 17.9. The lowest BCUT2D eigenvalue weighted by atomic mass is 9.44. The van der Waals surface area contributed by atoms with Gasteiger partial charge < -0.3 is 0 Å². The molecule has 1 aromatic rings. The number of pyridine rings is 1. The highest BCUT2D eigenvalue weighted by molar-refractivity contribution is 5.72. The SMILES string of the molecule is CC1CCC2(C)C(CCC3C4CC=C(c5cncc(F)c5)C4(C)CCC32)C1. The molecule has 0 radical (unpaired) electrons. The Hall–Kier alpha value is -1.18. The summed E-state index contributed by atoms with van der Waals surface area (Å²) in [7, 11) is 0. The molecular formula is C25H34FN. The zero-order valence-electron chi connectivity index (χ0n) is 17.2. The molecule has 3 saturated carbocycles. The van der Waals surface area contributed by atoms with Gasteiger partial charge in [0.15, 0.2) is 0 Å². The largest absolute Gasteiger partial charge is 0.261 e. The highest BCUT2D eigenvalue weighted by atomic mass is 19.1. The van der Waals surface area contributed by atoms with E-state index < -0.39 is 0 Å². The summed E-state index contributed by atoms with van der Waals surface area (Å²) < 4.78 is 13.8. The first-order valence-corrected chi connectivity index (χ1v) is 11.2. The molecule has 7 atom stereocenters. The van der Waals surface area contributed by atoms with Crippen LogP contribution in [0.1, 0.15) is 77.7 Å². The minimum Gasteiger partial charge on any atom is -0.261 e. The third-order valence-electron chi connectivity index (χ3n) is 9.52. The topological polar surface area (TPSA) is 12.9 Å². The average molecular weight is 368 g/mol. The number of nitrogens with zero attached hydrogens (tertiary/aromatic N) is 1. The van der Waals surface area contributed by atoms with Gasteiger partial charge in [-0.15, -0.1) is 0 Å². The fraction of sp³-hybridized carbons (Fsp3) is 0.720. The second-order valence-corrected chi connectivity index (χ2v) is 10.7. The van der Waals surface area contributed by atoms with E-state index in [2.05, 4.69) is 31.8 Å². The first-order chi connectivity index (χ1) is 12.9. The van der Waals surface area contributed by atoms with Gasteiger partial charge >= 0.3 is 0 Å². The number of rotatable bonds is 1. The molecule has 0 saturated heterocycles. The maximum absolute atomic E-state index is 13.8. The van der Waals surface area contributed by atoms with Gasteiger partial charge in [0.2, 0.25) is 0 Å². The molecule has 146 valence electrons. The number of hydrogen-bond acceptors (Lipinski definition) is 1. The quantitative estimate of drug-likeness (QED) is 0.526. The van der Waals surface area contributed by atoms with Crippen LogP contribution in [-0.4, -0.2) is 4.98 Å². The smallest absolute Gasteiger partial charge is 0.142 e. The maximum Gasteiger partial charge on any atom is 0.142 e. The van der Waals surface area contributed by atoms with Crippen LogP contribution in [0, 0.1) is 46.2 Å². The van der Waals surface area contributed by atoms with E-state index in [-0.39, 0.29) is 11.2 Å². The van der Waals surface area contributed by atoms with E-state index in [0.29, 0.717) is 5.41 Å². The summed E-state index contributed by atoms with van der Waals surface area (Å²) in [6.07, 6.45) is 16.6. The number of halogens is 1. The molecule has 1 heterocycles. The summed E-state index contributed by atoms with van der Waals surface area (Å²) in [4.78, 5) is 4.14. The number of hydrogen-bond donors (Lipinski definition) is 0. The molecule has 5 rings (SSSR count). The third-order valence-corrected chi connectivity index (χ3v) is 9.52. The molecule has 4 aliphatic rings. The second kappa shape index (κ2) is 6.16. The standard InChI is InChI=1S/C25H34FN/c1-16-8-10-24(2)18(12-16)4-5-20-22-7-6-21(17-13-19(26)15-27-14-17)25(22,3)11-9-23(20)24/h6,13-16,18,20,22-23H,4-5,7-12H2,1-3H3. The number of aromatic nitrogens is 1. The van der Waals surface area contributed by atoms with Crippen LogP contribution in [0.2, 0.25) is 0 Å². The summed E-state index contributed by atoms with van der Waals surface area (Å²) in [5.74, 6) is 4.17. The number of allylic oxidation sites excluding steroid dienone is 2. The Kier molecular flexibility index (Phi) is 4.08. The van der Waals surface area contributed by atoms with Crippen LogP contribution in [0.4, 0.5) is 4.39 Å². The molecule has 0 N–H and O–H groups in total. The van der Waals surface area contributed by atoms with Crippen molar-refractivity contribution in [3.63, 3.8) is 0 Å². The molecule has 7 unspecified atom stereocenters. The van der Waals surface area contributed by atoms with E-state index in [1.165, 1.54) is 63.1 Å². The highest BCUT2D eigenvalue weighted by Gasteiger charge is 2.58. The van der Waals surface area contributed by atoms with E-state index >= 15 is 0 Å². The van der Waals surface area contributed by atoms with Gasteiger partial charge in [0.25, 0.3) is 0 Å². The van der Waals surface area contributed by atoms with Gasteiger partial charge in [-0.2, -0.15) is 0 Å². The summed E-state index contributed by atoms with van der Waals surface area (Å²) in [5, 5.41) is 0. The van der Waals surface area contributed by atoms with E-state index in [1.54, 1.807) is 6.07 Å². The average Bonchev–Trinajstić information content (AvgIpc) is 2.99. The highest BCUT2D eigenvalue weighted by Crippen LogP contribution is 2.67. The van der Waals surface area contributed by atoms with E-state index in [1.807, 2.05) is 6.20 Å². The lowest BCUT2D eigenvalue weighted by Gasteiger charge is -2.61. The summed E-state index contributed by atoms with van der Waals surface area (Å²) in [6.45, 7) is 7.57. The fourth-order valence-corrected chi connectivity index (χ4v) is 8.05. The van der Waals surface area contributed by atoms with Gasteiger partial charge in [0, 0.05) is 6.20 Å². The monoisotopic (exact) mass is 367 g/mol. The van der Waals surface area contributed by atoms with E-state index in [4.69, 9.17) is 0 Å². The molecule has 1 nitrogen and oxygen atoms in total. The van der Waals surface area contributed by atoms with E-state index in [0.717, 1.165) is 35.2 Å². The Bertz CT molecular complexity index is 769. The number of fused-ring (bicyclic) bond motifs is 5. The maximum atomic E-state index is 13.8. The zero-order chi connectivity index (χ0) is 18.8. The van der Waals surface area contributed by atoms with Crippen LogP contribution in [-0.2, 0) is 0 Å². The predicted octanol–water partition coefficient (Wildman–Crippen LogP) is 6.89. The minimum absolute atomic E-state index is 0.210. The molecule has 0 bridgehead atoms. The van der Waals surface area contributed by atoms with Gasteiger partial charge in [-0.25, -0.2) is 4.39 Å². The Morgan fingerprint density at radius 3 is 2.70 bits per heavy atom. The molecule has 4 aliphatic carbocycles. The van der Waals surface area contributed by atoms with Crippen molar-refractivity contribution in [2.75, 3.05) is 0 Å². The molecule has 1 aromatic heterocycles. The Balaban J connectivity index is 1.44. The summed E-state index contributed by atoms with van der Waals surface area (Å²) in [5.41, 5.74) is 3.18. The van der Waals surface area contributed by atoms with Crippen molar-refractivity contribution in [3.05, 3.63) is 35.9 Å². The van der Waals surface area contributed by atoms with E-state index in [9.17, 15) is 4.39 Å². The summed E-state index contributed by atoms with van der Waals surface area (Å²) in [6, 6.07) is 1.69. The van der Waals surface area contributed by atoms with Crippen LogP contribution in [0.3, 0.4) is 0 Å². The van der Waals surface area contributed by atoms with Gasteiger partial charge in [-0.3, -0.25) is 4.98 Å². The second-order valence-electron chi connectivity index (χ2n) is 10.7. The first-order valence-electron chi connectivity index (χ1n) is 11.2. The molecule has 0 amide bonds. The lowest BCUT2D eigenvalue weighted by Crippen LogP contribution is -2.52. The van der Waals surface area contributed by atoms with Crippen LogP contribution >= 0.6 is 0 Å². The Morgan fingerprint density at radius 2 is 1.89 bits per heavy atom. The van der Waals surface area contributed by atoms with Crippen molar-refractivity contribution < 1.29 is 4.39 Å². The van der Waals surface area contributed by atoms with Crippen LogP contribution in [0.25, 0.3) is 5.57 Å². The molecular weight excluding hydrogens is 333 g/mol. The van der Waals surface area contributed by atoms with Gasteiger partial charge in [-0.1, -0.05) is 33.3 Å². The van der Waals surface area contributed by atoms with Gasteiger partial charge in [0.05, 0.1) is 6.20 Å². The van der Waals surface area contributed by atoms with Crippen molar-refractivity contribution in [3.8, 4) is 0 Å². The third kappa shape index (κ3) is 2.58. The van der Waals surface area contributed by atoms with Crippen molar-refractivity contribution in [1.29, 1.82) is 0 Å². The van der Waals surface area contributed by atoms with Crippen molar-refractivity contribution in [1.82, 2.24) is 4.98 Å². The van der Waals surface area contributed by atoms with Crippen LogP contribution < -0.4 is 0 Å². The molecule has 3 fully saturated rings. The zero-order valence-corrected chi connectivity index (χ0v) is 17.2. The molecule has 27 heavy (non-hydrogen) atoms. The Labute approximate surface area is 163 Å². The van der Waals surface area contributed by atoms with Gasteiger partial charge in [0.1, 0.15) is 5.82 Å². The molecule has 2 heteroatoms. The van der Waals surface area contributed by atoms with Crippen molar-refractivity contribution >= 4 is 5.57 Å². The lowest BCUT2D eigenvalue weighted by molar-refractivity contribution is -0.103. The van der Waals surface area contributed by atoms with Crippen LogP contribution in [0.15, 0.2) is 24.5 Å². The molecule has 0 aromatic carbocycles. The predicted molar refractivity (Wildman–Crippen MR) is 108 cm³/mol. The summed E-state index contributed by atoms with van der Waals surface area (Å²) >= 11 is 0. The van der Waals surface area contributed by atoms with Crippen molar-refractivity contribution in [2.24, 2.45) is 40.4 Å². The van der Waals surface area contributed by atoms with Crippen molar-refractivity contribution in [2.45, 2.75) is 72.1 Å². The van der Waals surface area contributed by atoms with Gasteiger partial charge in [-0.05, 0) is 103 Å². The fourth-order valence-electron chi connectivity index (χ4n) is 8.05. The normalized spacial score (nSPS) is 46.2. The molecule has 0 spiro atoms.